The summed E-state index contributed by atoms with van der Waals surface area (Å²) < 4.78 is 33.9. The van der Waals surface area contributed by atoms with Gasteiger partial charge in [-0.25, -0.2) is 4.79 Å². The number of aliphatic hydroxyl groups excluding tert-OH is 7. The Hall–Kier alpha value is -5.35. The number of aliphatic hydroxyl groups is 7. The molecule has 0 amide bonds. The van der Waals surface area contributed by atoms with Crippen LogP contribution in [-0.4, -0.2) is 142 Å². The number of esters is 1. The highest BCUT2D eigenvalue weighted by atomic mass is 16.7. The Bertz CT molecular complexity index is 1930. The van der Waals surface area contributed by atoms with Crippen LogP contribution in [0.3, 0.4) is 0 Å². The zero-order valence-electron chi connectivity index (χ0n) is 28.3. The molecule has 55 heavy (non-hydrogen) atoms. The van der Waals surface area contributed by atoms with Gasteiger partial charge in [0.15, 0.2) is 29.1 Å². The van der Waals surface area contributed by atoms with Gasteiger partial charge in [-0.05, 0) is 42.0 Å². The second-order valence-electron chi connectivity index (χ2n) is 12.8. The molecule has 12 N–H and O–H groups in total. The Kier molecular flexibility index (Phi) is 11.6. The molecule has 3 aromatic carbocycles. The summed E-state index contributed by atoms with van der Waals surface area (Å²) in [4.78, 5) is 12.4. The quantitative estimate of drug-likeness (QED) is 0.0664. The molecule has 3 heterocycles. The van der Waals surface area contributed by atoms with Crippen molar-refractivity contribution in [2.24, 2.45) is 0 Å². The van der Waals surface area contributed by atoms with Crippen LogP contribution in [0.2, 0.25) is 0 Å². The number of carbonyl (C=O) groups is 1. The van der Waals surface area contributed by atoms with E-state index in [9.17, 15) is 66.1 Å². The van der Waals surface area contributed by atoms with E-state index in [1.54, 1.807) is 0 Å². The topological polar surface area (TPSA) is 315 Å². The Balaban J connectivity index is 1.21. The van der Waals surface area contributed by atoms with Gasteiger partial charge in [0, 0.05) is 23.8 Å². The van der Waals surface area contributed by atoms with Crippen molar-refractivity contribution in [2.75, 3.05) is 13.2 Å². The normalized spacial score (nSPS) is 30.5. The minimum absolute atomic E-state index is 0.0250. The first kappa shape index (κ1) is 39.3. The smallest absolute Gasteiger partial charge is 0.330 e. The number of hydrogen-bond donors (Lipinski definition) is 12. The van der Waals surface area contributed by atoms with Crippen LogP contribution >= 0.6 is 0 Å². The van der Waals surface area contributed by atoms with Gasteiger partial charge in [0.1, 0.15) is 78.4 Å². The molecule has 0 bridgehead atoms. The molecule has 19 heteroatoms. The van der Waals surface area contributed by atoms with Crippen LogP contribution in [0.25, 0.3) is 12.2 Å². The fourth-order valence-corrected chi connectivity index (χ4v) is 5.96. The third kappa shape index (κ3) is 8.34. The van der Waals surface area contributed by atoms with Crippen molar-refractivity contribution >= 4 is 18.1 Å². The number of carbonyl (C=O) groups excluding carboxylic acids is 1. The summed E-state index contributed by atoms with van der Waals surface area (Å²) in [5.41, 5.74) is 0.497. The molecule has 2 saturated heterocycles. The van der Waals surface area contributed by atoms with Crippen LogP contribution in [0.1, 0.15) is 22.8 Å². The molecule has 11 atom stereocenters. The average molecular weight is 775 g/mol. The van der Waals surface area contributed by atoms with Gasteiger partial charge < -0.3 is 89.7 Å². The standard InChI is InChI=1S/C36H38O19/c37-12-25-28(44)30(46)32(48)36(54-25)53-24-11-17-20(41)9-16(38)10-22(17)51-34(24)15-3-5-19(40)23(8-15)52-35-33(49)31(47)29(45)26(55-35)13-50-27(43)6-2-14-1-4-18(39)21(42)7-14/h1-11,25-26,28-42,44-49H,12-13H2. The summed E-state index contributed by atoms with van der Waals surface area (Å²) in [6.07, 6.45) is -14.9. The fourth-order valence-electron chi connectivity index (χ4n) is 5.96. The summed E-state index contributed by atoms with van der Waals surface area (Å²) in [6, 6.07) is 9.71. The molecule has 0 aliphatic carbocycles. The van der Waals surface area contributed by atoms with Crippen LogP contribution in [0.4, 0.5) is 0 Å². The van der Waals surface area contributed by atoms with Gasteiger partial charge in [0.25, 0.3) is 0 Å². The third-order valence-electron chi connectivity index (χ3n) is 8.99. The van der Waals surface area contributed by atoms with Gasteiger partial charge in [-0.3, -0.25) is 0 Å². The number of fused-ring (bicyclic) bond motifs is 1. The highest BCUT2D eigenvalue weighted by Crippen LogP contribution is 2.46. The molecule has 3 aliphatic heterocycles. The molecular formula is C36H38O19. The zero-order valence-corrected chi connectivity index (χ0v) is 28.3. The second-order valence-corrected chi connectivity index (χ2v) is 12.8. The second kappa shape index (κ2) is 16.2. The van der Waals surface area contributed by atoms with E-state index in [-0.39, 0.29) is 39.9 Å². The average Bonchev–Trinajstić information content (AvgIpc) is 3.15. The van der Waals surface area contributed by atoms with Crippen molar-refractivity contribution in [3.8, 4) is 40.2 Å². The predicted molar refractivity (Wildman–Crippen MR) is 181 cm³/mol. The maximum Gasteiger partial charge on any atom is 0.330 e. The number of hydrogen-bond acceptors (Lipinski definition) is 19. The molecule has 0 aromatic heterocycles. The lowest BCUT2D eigenvalue weighted by Gasteiger charge is -2.41. The monoisotopic (exact) mass is 774 g/mol. The molecule has 0 spiro atoms. The number of phenols is 5. The number of ether oxygens (including phenoxy) is 6. The molecule has 2 fully saturated rings. The molecule has 3 aliphatic rings. The van der Waals surface area contributed by atoms with Crippen molar-refractivity contribution in [3.05, 3.63) is 77.1 Å². The first-order chi connectivity index (χ1) is 26.1. The van der Waals surface area contributed by atoms with Gasteiger partial charge >= 0.3 is 5.97 Å². The van der Waals surface area contributed by atoms with E-state index in [0.29, 0.717) is 5.56 Å². The molecule has 0 saturated carbocycles. The number of benzene rings is 3. The van der Waals surface area contributed by atoms with Crippen LogP contribution < -0.4 is 9.47 Å². The van der Waals surface area contributed by atoms with Crippen molar-refractivity contribution in [3.63, 3.8) is 0 Å². The highest BCUT2D eigenvalue weighted by Gasteiger charge is 2.47. The zero-order chi connectivity index (χ0) is 39.7. The van der Waals surface area contributed by atoms with Gasteiger partial charge in [-0.1, -0.05) is 12.1 Å². The van der Waals surface area contributed by atoms with Gasteiger partial charge in [-0.15, -0.1) is 0 Å². The molecule has 6 rings (SSSR count). The minimum atomic E-state index is -1.90. The summed E-state index contributed by atoms with van der Waals surface area (Å²) >= 11 is 0. The van der Waals surface area contributed by atoms with E-state index in [0.717, 1.165) is 18.2 Å². The van der Waals surface area contributed by atoms with Crippen LogP contribution in [0.15, 0.2) is 60.4 Å². The predicted octanol–water partition coefficient (Wildman–Crippen LogP) is -1.05. The van der Waals surface area contributed by atoms with Crippen molar-refractivity contribution in [1.29, 1.82) is 0 Å². The van der Waals surface area contributed by atoms with E-state index in [2.05, 4.69) is 0 Å². The first-order valence-electron chi connectivity index (χ1n) is 16.6. The maximum absolute atomic E-state index is 12.4. The summed E-state index contributed by atoms with van der Waals surface area (Å²) in [7, 11) is 0. The molecular weight excluding hydrogens is 736 g/mol. The molecule has 0 radical (unpaired) electrons. The van der Waals surface area contributed by atoms with E-state index in [4.69, 9.17) is 28.4 Å². The Labute approximate surface area is 310 Å². The lowest BCUT2D eigenvalue weighted by atomic mass is 9.98. The van der Waals surface area contributed by atoms with Crippen LogP contribution in [0, 0.1) is 0 Å². The van der Waals surface area contributed by atoms with Gasteiger partial charge in [0.05, 0.1) is 12.2 Å². The molecule has 296 valence electrons. The van der Waals surface area contributed by atoms with Crippen molar-refractivity contribution in [1.82, 2.24) is 0 Å². The summed E-state index contributed by atoms with van der Waals surface area (Å²) in [6.45, 7) is -1.39. The van der Waals surface area contributed by atoms with E-state index in [1.165, 1.54) is 48.6 Å². The molecule has 3 aromatic rings. The Morgan fingerprint density at radius 2 is 1.35 bits per heavy atom. The largest absolute Gasteiger partial charge is 0.508 e. The van der Waals surface area contributed by atoms with E-state index >= 15 is 0 Å². The number of rotatable bonds is 10. The lowest BCUT2D eigenvalue weighted by molar-refractivity contribution is -0.293. The van der Waals surface area contributed by atoms with Crippen molar-refractivity contribution in [2.45, 2.75) is 67.5 Å². The van der Waals surface area contributed by atoms with E-state index in [1.807, 2.05) is 0 Å². The van der Waals surface area contributed by atoms with E-state index < -0.39 is 104 Å². The lowest BCUT2D eigenvalue weighted by Crippen LogP contribution is -2.60. The van der Waals surface area contributed by atoms with Crippen molar-refractivity contribution < 1.29 is 94.5 Å². The highest BCUT2D eigenvalue weighted by molar-refractivity contribution is 5.87. The Morgan fingerprint density at radius 1 is 0.691 bits per heavy atom. The maximum atomic E-state index is 12.4. The van der Waals surface area contributed by atoms with Gasteiger partial charge in [0.2, 0.25) is 12.6 Å². The van der Waals surface area contributed by atoms with Crippen LogP contribution in [0.5, 0.6) is 40.2 Å². The van der Waals surface area contributed by atoms with Gasteiger partial charge in [-0.2, -0.15) is 0 Å². The Morgan fingerprint density at radius 3 is 2.04 bits per heavy atom. The SMILES string of the molecule is O=C(C=Cc1ccc(O)c(O)c1)OCC1OC(Oc2cc(C3Oc4cc(O)cc(O)c4C=C3OC3OC(CO)C(O)C(O)C3O)ccc2O)C(O)C(O)C1O. The molecule has 11 unspecified atom stereocenters. The third-order valence-corrected chi connectivity index (χ3v) is 8.99. The summed E-state index contributed by atoms with van der Waals surface area (Å²) in [5.74, 6) is -3.61. The molecule has 19 nitrogen and oxygen atoms in total. The first-order valence-corrected chi connectivity index (χ1v) is 16.6. The van der Waals surface area contributed by atoms with Crippen LogP contribution in [-0.2, 0) is 23.7 Å². The number of phenolic OH excluding ortho intramolecular Hbond substituents is 5. The fraction of sp³-hybridized carbons (Fsp3) is 0.361. The minimum Gasteiger partial charge on any atom is -0.508 e. The number of aromatic hydroxyl groups is 5. The summed E-state index contributed by atoms with van der Waals surface area (Å²) in [5, 5.41) is 123.